The highest BCUT2D eigenvalue weighted by Gasteiger charge is 2.07. The van der Waals surface area contributed by atoms with Crippen LogP contribution in [0.1, 0.15) is 6.92 Å². The summed E-state index contributed by atoms with van der Waals surface area (Å²) in [5, 5.41) is 14.8. The van der Waals surface area contributed by atoms with Gasteiger partial charge in [-0.1, -0.05) is 23.3 Å². The standard InChI is InChI=1S/C10H13N7S/c1-2-11-10(18)14-12-9-13-15-16-17(9)8-6-4-3-5-7-8/h3-7H,2H2,1H3,(H2,11,14,18)(H,12,13,16). The number of thiocarbonyl (C=S) groups is 1. The summed E-state index contributed by atoms with van der Waals surface area (Å²) in [4.78, 5) is 0. The SMILES string of the molecule is CCNC(=S)NNc1nnnn1-c1ccccc1. The Bertz CT molecular complexity index is 510. The van der Waals surface area contributed by atoms with Crippen molar-refractivity contribution in [1.82, 2.24) is 30.9 Å². The van der Waals surface area contributed by atoms with Gasteiger partial charge in [0.1, 0.15) is 0 Å². The summed E-state index contributed by atoms with van der Waals surface area (Å²) < 4.78 is 1.57. The molecule has 8 heteroatoms. The van der Waals surface area contributed by atoms with E-state index in [0.717, 1.165) is 12.2 Å². The Morgan fingerprint density at radius 1 is 1.33 bits per heavy atom. The topological polar surface area (TPSA) is 79.7 Å². The summed E-state index contributed by atoms with van der Waals surface area (Å²) >= 11 is 5.02. The number of nitrogens with zero attached hydrogens (tertiary/aromatic N) is 4. The average Bonchev–Trinajstić information content (AvgIpc) is 2.86. The normalized spacial score (nSPS) is 9.83. The first kappa shape index (κ1) is 12.2. The number of anilines is 1. The van der Waals surface area contributed by atoms with Crippen molar-refractivity contribution in [3.05, 3.63) is 30.3 Å². The van der Waals surface area contributed by atoms with Gasteiger partial charge in [-0.25, -0.2) is 0 Å². The molecule has 0 atom stereocenters. The third-order valence-corrected chi connectivity index (χ3v) is 2.34. The van der Waals surface area contributed by atoms with Gasteiger partial charge >= 0.3 is 0 Å². The molecule has 7 nitrogen and oxygen atoms in total. The Hall–Kier alpha value is -2.22. The number of hydrogen-bond acceptors (Lipinski definition) is 5. The van der Waals surface area contributed by atoms with Crippen LogP contribution >= 0.6 is 12.2 Å². The Balaban J connectivity index is 2.07. The van der Waals surface area contributed by atoms with E-state index in [1.165, 1.54) is 0 Å². The highest BCUT2D eigenvalue weighted by Crippen LogP contribution is 2.09. The molecular formula is C10H13N7S. The molecule has 1 aromatic heterocycles. The van der Waals surface area contributed by atoms with Gasteiger partial charge in [0.05, 0.1) is 5.69 Å². The molecule has 0 amide bonds. The summed E-state index contributed by atoms with van der Waals surface area (Å²) in [7, 11) is 0. The molecule has 0 spiro atoms. The van der Waals surface area contributed by atoms with Gasteiger partial charge in [-0.05, 0) is 41.7 Å². The molecule has 0 aliphatic carbocycles. The molecule has 0 saturated carbocycles. The maximum Gasteiger partial charge on any atom is 0.266 e. The number of hydrazine groups is 1. The minimum absolute atomic E-state index is 0.460. The van der Waals surface area contributed by atoms with Crippen LogP contribution in [-0.2, 0) is 0 Å². The lowest BCUT2D eigenvalue weighted by atomic mass is 10.3. The number of para-hydroxylation sites is 1. The van der Waals surface area contributed by atoms with Crippen molar-refractivity contribution in [3.63, 3.8) is 0 Å². The molecule has 94 valence electrons. The molecule has 0 unspecified atom stereocenters. The van der Waals surface area contributed by atoms with Crippen molar-refractivity contribution >= 4 is 23.3 Å². The number of rotatable bonds is 4. The zero-order valence-corrected chi connectivity index (χ0v) is 10.6. The van der Waals surface area contributed by atoms with Crippen LogP contribution in [0.15, 0.2) is 30.3 Å². The first-order chi connectivity index (χ1) is 8.81. The number of aromatic nitrogens is 4. The summed E-state index contributed by atoms with van der Waals surface area (Å²) in [6.45, 7) is 2.71. The van der Waals surface area contributed by atoms with E-state index in [0.29, 0.717) is 11.1 Å². The van der Waals surface area contributed by atoms with Gasteiger partial charge in [-0.2, -0.15) is 4.68 Å². The fourth-order valence-electron chi connectivity index (χ4n) is 1.33. The van der Waals surface area contributed by atoms with E-state index in [1.54, 1.807) is 4.68 Å². The largest absolute Gasteiger partial charge is 0.362 e. The number of tetrazole rings is 1. The number of nitrogens with one attached hydrogen (secondary N) is 3. The number of hydrogen-bond donors (Lipinski definition) is 3. The van der Waals surface area contributed by atoms with E-state index in [4.69, 9.17) is 12.2 Å². The summed E-state index contributed by atoms with van der Waals surface area (Å²) in [6, 6.07) is 9.57. The average molecular weight is 263 g/mol. The lowest BCUT2D eigenvalue weighted by Crippen LogP contribution is -2.39. The molecule has 0 fully saturated rings. The smallest absolute Gasteiger partial charge is 0.266 e. The molecule has 0 aliphatic heterocycles. The first-order valence-electron chi connectivity index (χ1n) is 5.45. The van der Waals surface area contributed by atoms with Crippen molar-refractivity contribution in [3.8, 4) is 5.69 Å². The fourth-order valence-corrected chi connectivity index (χ4v) is 1.52. The predicted octanol–water partition coefficient (Wildman–Crippen LogP) is 0.473. The van der Waals surface area contributed by atoms with Gasteiger partial charge in [-0.15, -0.1) is 0 Å². The molecule has 2 rings (SSSR count). The molecule has 0 bridgehead atoms. The van der Waals surface area contributed by atoms with Gasteiger partial charge in [0.25, 0.3) is 5.95 Å². The lowest BCUT2D eigenvalue weighted by molar-refractivity contribution is 0.787. The molecule has 18 heavy (non-hydrogen) atoms. The van der Waals surface area contributed by atoms with E-state index in [-0.39, 0.29) is 0 Å². The summed E-state index contributed by atoms with van der Waals surface area (Å²) in [5.41, 5.74) is 6.51. The van der Waals surface area contributed by atoms with Crippen LogP contribution in [-0.4, -0.2) is 31.9 Å². The highest BCUT2D eigenvalue weighted by molar-refractivity contribution is 7.80. The van der Waals surface area contributed by atoms with Crippen LogP contribution in [0, 0.1) is 0 Å². The number of benzene rings is 1. The van der Waals surface area contributed by atoms with Crippen LogP contribution in [0.3, 0.4) is 0 Å². The van der Waals surface area contributed by atoms with Crippen LogP contribution in [0.5, 0.6) is 0 Å². The van der Waals surface area contributed by atoms with Gasteiger partial charge in [0.15, 0.2) is 5.11 Å². The Kier molecular flexibility index (Phi) is 4.02. The van der Waals surface area contributed by atoms with Crippen molar-refractivity contribution in [2.75, 3.05) is 12.0 Å². The first-order valence-corrected chi connectivity index (χ1v) is 5.85. The van der Waals surface area contributed by atoms with Crippen LogP contribution < -0.4 is 16.2 Å². The van der Waals surface area contributed by atoms with Crippen LogP contribution in [0.4, 0.5) is 5.95 Å². The van der Waals surface area contributed by atoms with Crippen LogP contribution in [0.2, 0.25) is 0 Å². The minimum atomic E-state index is 0.460. The molecule has 1 aromatic carbocycles. The van der Waals surface area contributed by atoms with Crippen molar-refractivity contribution in [2.24, 2.45) is 0 Å². The maximum atomic E-state index is 5.02. The Morgan fingerprint density at radius 3 is 2.83 bits per heavy atom. The highest BCUT2D eigenvalue weighted by atomic mass is 32.1. The van der Waals surface area contributed by atoms with Gasteiger partial charge in [0, 0.05) is 6.54 Å². The van der Waals surface area contributed by atoms with Gasteiger partial charge in [0.2, 0.25) is 0 Å². The van der Waals surface area contributed by atoms with Crippen molar-refractivity contribution in [2.45, 2.75) is 6.92 Å². The molecular weight excluding hydrogens is 250 g/mol. The van der Waals surface area contributed by atoms with E-state index in [2.05, 4.69) is 31.7 Å². The Morgan fingerprint density at radius 2 is 2.11 bits per heavy atom. The minimum Gasteiger partial charge on any atom is -0.362 e. The summed E-state index contributed by atoms with van der Waals surface area (Å²) in [5.74, 6) is 0.460. The van der Waals surface area contributed by atoms with Crippen molar-refractivity contribution in [1.29, 1.82) is 0 Å². The third-order valence-electron chi connectivity index (χ3n) is 2.10. The maximum absolute atomic E-state index is 5.02. The fraction of sp³-hybridized carbons (Fsp3) is 0.200. The lowest BCUT2D eigenvalue weighted by Gasteiger charge is -2.10. The molecule has 0 saturated heterocycles. The van der Waals surface area contributed by atoms with Crippen LogP contribution in [0.25, 0.3) is 5.69 Å². The second kappa shape index (κ2) is 5.92. The third kappa shape index (κ3) is 2.92. The second-order valence-electron chi connectivity index (χ2n) is 3.36. The molecule has 3 N–H and O–H groups in total. The van der Waals surface area contributed by atoms with E-state index < -0.39 is 0 Å². The van der Waals surface area contributed by atoms with Crippen molar-refractivity contribution < 1.29 is 0 Å². The second-order valence-corrected chi connectivity index (χ2v) is 3.77. The quantitative estimate of drug-likeness (QED) is 0.546. The molecule has 1 heterocycles. The van der Waals surface area contributed by atoms with E-state index >= 15 is 0 Å². The monoisotopic (exact) mass is 263 g/mol. The van der Waals surface area contributed by atoms with E-state index in [9.17, 15) is 0 Å². The van der Waals surface area contributed by atoms with Gasteiger partial charge < -0.3 is 5.32 Å². The summed E-state index contributed by atoms with van der Waals surface area (Å²) in [6.07, 6.45) is 0. The molecule has 2 aromatic rings. The van der Waals surface area contributed by atoms with E-state index in [1.807, 2.05) is 37.3 Å². The molecule has 0 aliphatic rings. The Labute approximate surface area is 110 Å². The zero-order valence-electron chi connectivity index (χ0n) is 9.79. The molecule has 0 radical (unpaired) electrons. The zero-order chi connectivity index (χ0) is 12.8. The predicted molar refractivity (Wildman–Crippen MR) is 72.2 cm³/mol. The van der Waals surface area contributed by atoms with Gasteiger partial charge in [-0.3, -0.25) is 10.9 Å².